The van der Waals surface area contributed by atoms with Gasteiger partial charge in [-0.25, -0.2) is 19.3 Å². The highest BCUT2D eigenvalue weighted by molar-refractivity contribution is 5.05. The lowest BCUT2D eigenvalue weighted by Gasteiger charge is -2.11. The van der Waals surface area contributed by atoms with E-state index >= 15 is 0 Å². The summed E-state index contributed by atoms with van der Waals surface area (Å²) < 4.78 is 4.30. The zero-order valence-corrected chi connectivity index (χ0v) is 15.8. The van der Waals surface area contributed by atoms with Gasteiger partial charge in [0.15, 0.2) is 0 Å². The lowest BCUT2D eigenvalue weighted by atomic mass is 10.1. The van der Waals surface area contributed by atoms with E-state index < -0.39 is 0 Å². The van der Waals surface area contributed by atoms with Crippen molar-refractivity contribution in [1.29, 1.82) is 0 Å². The number of aryl methyl sites for hydroxylation is 3. The van der Waals surface area contributed by atoms with Crippen molar-refractivity contribution in [3.8, 4) is 0 Å². The van der Waals surface area contributed by atoms with E-state index in [1.165, 1.54) is 57.8 Å². The van der Waals surface area contributed by atoms with Gasteiger partial charge in [-0.05, 0) is 13.3 Å². The van der Waals surface area contributed by atoms with E-state index in [2.05, 4.69) is 39.4 Å². The summed E-state index contributed by atoms with van der Waals surface area (Å²) in [7, 11) is 0. The molecule has 24 heavy (non-hydrogen) atoms. The third kappa shape index (κ3) is 5.50. The number of hydrogen-bond acceptors (Lipinski definition) is 2. The number of imidazole rings is 2. The van der Waals surface area contributed by atoms with E-state index in [1.807, 2.05) is 19.3 Å². The van der Waals surface area contributed by atoms with Gasteiger partial charge in [-0.15, -0.1) is 0 Å². The molecule has 134 valence electrons. The fourth-order valence-electron chi connectivity index (χ4n) is 3.26. The van der Waals surface area contributed by atoms with Crippen LogP contribution in [0.25, 0.3) is 0 Å². The van der Waals surface area contributed by atoms with Crippen molar-refractivity contribution in [2.75, 3.05) is 0 Å². The average molecular weight is 331 g/mol. The molecule has 2 heterocycles. The summed E-state index contributed by atoms with van der Waals surface area (Å²) >= 11 is 0. The SMILES string of the molecule is CCCCCCCCCCCc1nccn1-n1cc(C)nc1CC. The third-order valence-corrected chi connectivity index (χ3v) is 4.63. The molecule has 0 aromatic carbocycles. The fourth-order valence-corrected chi connectivity index (χ4v) is 3.26. The maximum absolute atomic E-state index is 4.59. The largest absolute Gasteiger partial charge is 0.240 e. The molecule has 0 saturated carbocycles. The maximum atomic E-state index is 4.59. The van der Waals surface area contributed by atoms with Gasteiger partial charge in [0, 0.05) is 25.2 Å². The van der Waals surface area contributed by atoms with E-state index in [-0.39, 0.29) is 0 Å². The van der Waals surface area contributed by atoms with Crippen molar-refractivity contribution in [2.24, 2.45) is 0 Å². The maximum Gasteiger partial charge on any atom is 0.128 e. The first kappa shape index (κ1) is 18.8. The Morgan fingerprint density at radius 1 is 0.833 bits per heavy atom. The Kier molecular flexibility index (Phi) is 8.06. The second-order valence-electron chi connectivity index (χ2n) is 6.76. The van der Waals surface area contributed by atoms with Crippen LogP contribution >= 0.6 is 0 Å². The molecule has 4 heteroatoms. The highest BCUT2D eigenvalue weighted by Gasteiger charge is 2.09. The van der Waals surface area contributed by atoms with Crippen LogP contribution in [0.1, 0.15) is 89.0 Å². The summed E-state index contributed by atoms with van der Waals surface area (Å²) in [5, 5.41) is 0. The molecule has 0 amide bonds. The molecule has 0 N–H and O–H groups in total. The van der Waals surface area contributed by atoms with Gasteiger partial charge in [0.25, 0.3) is 0 Å². The number of unbranched alkanes of at least 4 members (excludes halogenated alkanes) is 8. The second kappa shape index (κ2) is 10.3. The molecule has 0 atom stereocenters. The summed E-state index contributed by atoms with van der Waals surface area (Å²) in [5.41, 5.74) is 1.06. The summed E-state index contributed by atoms with van der Waals surface area (Å²) in [6, 6.07) is 0. The van der Waals surface area contributed by atoms with Gasteiger partial charge < -0.3 is 0 Å². The predicted molar refractivity (Wildman–Crippen MR) is 100 cm³/mol. The summed E-state index contributed by atoms with van der Waals surface area (Å²) in [4.78, 5) is 9.15. The van der Waals surface area contributed by atoms with Gasteiger partial charge in [0.05, 0.1) is 11.9 Å². The normalized spacial score (nSPS) is 11.3. The minimum Gasteiger partial charge on any atom is -0.240 e. The van der Waals surface area contributed by atoms with Crippen LogP contribution in [-0.4, -0.2) is 19.3 Å². The molecule has 0 radical (unpaired) electrons. The molecule has 2 rings (SSSR count). The van der Waals surface area contributed by atoms with Gasteiger partial charge >= 0.3 is 0 Å². The average Bonchev–Trinajstić information content (AvgIpc) is 3.19. The zero-order chi connectivity index (χ0) is 17.2. The van der Waals surface area contributed by atoms with E-state index in [4.69, 9.17) is 0 Å². The highest BCUT2D eigenvalue weighted by Crippen LogP contribution is 2.13. The van der Waals surface area contributed by atoms with Crippen LogP contribution < -0.4 is 0 Å². The van der Waals surface area contributed by atoms with E-state index in [9.17, 15) is 0 Å². The molecular formula is C20H34N4. The first-order valence-corrected chi connectivity index (χ1v) is 9.84. The highest BCUT2D eigenvalue weighted by atomic mass is 15.5. The summed E-state index contributed by atoms with van der Waals surface area (Å²) in [6.45, 7) is 6.47. The van der Waals surface area contributed by atoms with Crippen molar-refractivity contribution in [3.05, 3.63) is 35.9 Å². The van der Waals surface area contributed by atoms with Crippen LogP contribution in [-0.2, 0) is 12.8 Å². The molecule has 0 aliphatic carbocycles. The quantitative estimate of drug-likeness (QED) is 0.493. The van der Waals surface area contributed by atoms with Gasteiger partial charge in [0.1, 0.15) is 11.6 Å². The van der Waals surface area contributed by atoms with Crippen LogP contribution in [0.15, 0.2) is 18.6 Å². The van der Waals surface area contributed by atoms with E-state index in [0.29, 0.717) is 0 Å². The number of hydrogen-bond donors (Lipinski definition) is 0. The first-order valence-electron chi connectivity index (χ1n) is 9.84. The molecule has 0 aliphatic rings. The molecule has 0 bridgehead atoms. The van der Waals surface area contributed by atoms with Crippen LogP contribution in [0.2, 0.25) is 0 Å². The van der Waals surface area contributed by atoms with E-state index in [1.54, 1.807) is 0 Å². The lowest BCUT2D eigenvalue weighted by Crippen LogP contribution is -2.14. The monoisotopic (exact) mass is 330 g/mol. The predicted octanol–water partition coefficient (Wildman–Crippen LogP) is 5.34. The number of nitrogens with zero attached hydrogens (tertiary/aromatic N) is 4. The van der Waals surface area contributed by atoms with Gasteiger partial charge in [-0.1, -0.05) is 65.2 Å². The van der Waals surface area contributed by atoms with Crippen LogP contribution in [0, 0.1) is 6.92 Å². The molecule has 2 aromatic heterocycles. The van der Waals surface area contributed by atoms with Crippen molar-refractivity contribution in [1.82, 2.24) is 19.3 Å². The molecule has 0 saturated heterocycles. The molecule has 0 aliphatic heterocycles. The second-order valence-corrected chi connectivity index (χ2v) is 6.76. The minimum atomic E-state index is 0.934. The molecule has 0 fully saturated rings. The van der Waals surface area contributed by atoms with Crippen molar-refractivity contribution in [2.45, 2.75) is 91.4 Å². The van der Waals surface area contributed by atoms with Crippen molar-refractivity contribution >= 4 is 0 Å². The zero-order valence-electron chi connectivity index (χ0n) is 15.8. The Bertz CT molecular complexity index is 582. The topological polar surface area (TPSA) is 35.6 Å². The molecular weight excluding hydrogens is 296 g/mol. The minimum absolute atomic E-state index is 0.934. The third-order valence-electron chi connectivity index (χ3n) is 4.63. The van der Waals surface area contributed by atoms with Crippen LogP contribution in [0.4, 0.5) is 0 Å². The summed E-state index contributed by atoms with van der Waals surface area (Å²) in [6.07, 6.45) is 20.3. The van der Waals surface area contributed by atoms with Gasteiger partial charge in [-0.3, -0.25) is 0 Å². The smallest absolute Gasteiger partial charge is 0.128 e. The Morgan fingerprint density at radius 3 is 2.17 bits per heavy atom. The number of aromatic nitrogens is 4. The standard InChI is InChI=1S/C20H34N4/c1-4-6-7-8-9-10-11-12-13-14-20-21-15-16-23(20)24-17-18(3)22-19(24)5-2/h15-17H,4-14H2,1-3H3. The molecule has 4 nitrogen and oxygen atoms in total. The van der Waals surface area contributed by atoms with Crippen LogP contribution in [0.3, 0.4) is 0 Å². The van der Waals surface area contributed by atoms with Crippen LogP contribution in [0.5, 0.6) is 0 Å². The molecule has 0 spiro atoms. The Labute approximate surface area is 147 Å². The first-order chi connectivity index (χ1) is 11.8. The lowest BCUT2D eigenvalue weighted by molar-refractivity contribution is 0.542. The fraction of sp³-hybridized carbons (Fsp3) is 0.700. The van der Waals surface area contributed by atoms with Gasteiger partial charge in [0.2, 0.25) is 0 Å². The molecule has 2 aromatic rings. The Morgan fingerprint density at radius 2 is 1.50 bits per heavy atom. The van der Waals surface area contributed by atoms with Gasteiger partial charge in [-0.2, -0.15) is 0 Å². The number of rotatable bonds is 12. The Hall–Kier alpha value is -1.58. The molecule has 0 unspecified atom stereocenters. The van der Waals surface area contributed by atoms with Crippen molar-refractivity contribution in [3.63, 3.8) is 0 Å². The van der Waals surface area contributed by atoms with Crippen molar-refractivity contribution < 1.29 is 0 Å². The summed E-state index contributed by atoms with van der Waals surface area (Å²) in [5.74, 6) is 2.24. The Balaban J connectivity index is 1.74. The van der Waals surface area contributed by atoms with E-state index in [0.717, 1.165) is 30.2 Å².